The molecule has 0 N–H and O–H groups in total. The molecule has 0 saturated carbocycles. The van der Waals surface area contributed by atoms with Crippen molar-refractivity contribution in [1.29, 1.82) is 0 Å². The topological polar surface area (TPSA) is 92.3 Å². The first kappa shape index (κ1) is 23.3. The number of methoxy groups -OCH3 is 1. The summed E-state index contributed by atoms with van der Waals surface area (Å²) in [6, 6.07) is 7.99. The highest BCUT2D eigenvalue weighted by Gasteiger charge is 2.34. The van der Waals surface area contributed by atoms with E-state index < -0.39 is 12.0 Å². The SMILES string of the molecule is C=C(C)Oc1ccc(C2C(C(=O)OCC)=C(C)N=c3s/c(=C/c4ccco4)c(=O)n32)cc1OC. The zero-order valence-electron chi connectivity index (χ0n) is 19.3. The molecule has 0 fully saturated rings. The number of ether oxygens (including phenoxy) is 3. The Bertz CT molecular complexity index is 1460. The van der Waals surface area contributed by atoms with Gasteiger partial charge in [-0.1, -0.05) is 24.0 Å². The van der Waals surface area contributed by atoms with Gasteiger partial charge >= 0.3 is 5.97 Å². The predicted molar refractivity (Wildman–Crippen MR) is 128 cm³/mol. The van der Waals surface area contributed by atoms with Crippen LogP contribution in [0, 0.1) is 0 Å². The lowest BCUT2D eigenvalue weighted by atomic mass is 9.95. The molecule has 1 aromatic carbocycles. The van der Waals surface area contributed by atoms with E-state index >= 15 is 0 Å². The number of allylic oxidation sites excluding steroid dienone is 2. The van der Waals surface area contributed by atoms with Crippen LogP contribution in [0.5, 0.6) is 11.5 Å². The molecule has 1 aliphatic rings. The Morgan fingerprint density at radius 1 is 1.32 bits per heavy atom. The highest BCUT2D eigenvalue weighted by molar-refractivity contribution is 7.07. The van der Waals surface area contributed by atoms with Gasteiger partial charge in [-0.25, -0.2) is 9.79 Å². The number of fused-ring (bicyclic) bond motifs is 1. The van der Waals surface area contributed by atoms with Crippen molar-refractivity contribution in [2.75, 3.05) is 13.7 Å². The van der Waals surface area contributed by atoms with Crippen LogP contribution in [0.15, 0.2) is 74.4 Å². The van der Waals surface area contributed by atoms with E-state index in [0.29, 0.717) is 43.6 Å². The van der Waals surface area contributed by atoms with E-state index in [4.69, 9.17) is 18.6 Å². The largest absolute Gasteiger partial charge is 0.493 e. The van der Waals surface area contributed by atoms with Crippen LogP contribution in [-0.4, -0.2) is 24.3 Å². The summed E-state index contributed by atoms with van der Waals surface area (Å²) in [6.45, 7) is 9.16. The molecular formula is C25H24N2O6S. The number of carbonyl (C=O) groups excluding carboxylic acids is 1. The number of aromatic nitrogens is 1. The number of benzene rings is 1. The number of hydrogen-bond acceptors (Lipinski definition) is 8. The molecule has 0 amide bonds. The van der Waals surface area contributed by atoms with E-state index in [0.717, 1.165) is 0 Å². The van der Waals surface area contributed by atoms with Crippen LogP contribution in [0.1, 0.15) is 38.1 Å². The first-order chi connectivity index (χ1) is 16.3. The third kappa shape index (κ3) is 4.34. The number of furan rings is 1. The summed E-state index contributed by atoms with van der Waals surface area (Å²) in [5, 5.41) is 0. The lowest BCUT2D eigenvalue weighted by molar-refractivity contribution is -0.139. The van der Waals surface area contributed by atoms with Gasteiger partial charge in [0.15, 0.2) is 16.3 Å². The van der Waals surface area contributed by atoms with Crippen LogP contribution in [0.25, 0.3) is 6.08 Å². The van der Waals surface area contributed by atoms with Crippen molar-refractivity contribution in [2.45, 2.75) is 26.8 Å². The Morgan fingerprint density at radius 2 is 2.12 bits per heavy atom. The Morgan fingerprint density at radius 3 is 2.76 bits per heavy atom. The van der Waals surface area contributed by atoms with E-state index in [1.165, 1.54) is 29.3 Å². The average Bonchev–Trinajstić information content (AvgIpc) is 3.41. The van der Waals surface area contributed by atoms with Gasteiger partial charge in [0.25, 0.3) is 5.56 Å². The van der Waals surface area contributed by atoms with Gasteiger partial charge in [-0.3, -0.25) is 9.36 Å². The van der Waals surface area contributed by atoms with Crippen molar-refractivity contribution in [3.8, 4) is 11.5 Å². The second-order valence-electron chi connectivity index (χ2n) is 7.53. The van der Waals surface area contributed by atoms with Crippen molar-refractivity contribution in [2.24, 2.45) is 4.99 Å². The van der Waals surface area contributed by atoms with Crippen molar-refractivity contribution in [3.63, 3.8) is 0 Å². The van der Waals surface area contributed by atoms with E-state index in [2.05, 4.69) is 11.6 Å². The highest BCUT2D eigenvalue weighted by Crippen LogP contribution is 2.36. The molecule has 1 aliphatic heterocycles. The Kier molecular flexibility index (Phi) is 6.56. The number of hydrogen-bond donors (Lipinski definition) is 0. The van der Waals surface area contributed by atoms with Crippen LogP contribution in [0.3, 0.4) is 0 Å². The number of rotatable bonds is 7. The minimum absolute atomic E-state index is 0.194. The van der Waals surface area contributed by atoms with Gasteiger partial charge in [-0.2, -0.15) is 0 Å². The third-order valence-electron chi connectivity index (χ3n) is 5.12. The molecule has 176 valence electrons. The second-order valence-corrected chi connectivity index (χ2v) is 8.54. The summed E-state index contributed by atoms with van der Waals surface area (Å²) in [5.74, 6) is 1.43. The fourth-order valence-corrected chi connectivity index (χ4v) is 4.76. The Hall–Kier alpha value is -3.85. The maximum Gasteiger partial charge on any atom is 0.338 e. The number of carbonyl (C=O) groups is 1. The Labute approximate surface area is 199 Å². The molecule has 1 atom stereocenters. The van der Waals surface area contributed by atoms with Crippen molar-refractivity contribution >= 4 is 23.4 Å². The smallest absolute Gasteiger partial charge is 0.338 e. The van der Waals surface area contributed by atoms with Gasteiger partial charge in [-0.05, 0) is 50.6 Å². The van der Waals surface area contributed by atoms with Crippen molar-refractivity contribution in [1.82, 2.24) is 4.57 Å². The normalized spacial score (nSPS) is 15.5. The third-order valence-corrected chi connectivity index (χ3v) is 6.10. The molecule has 2 aromatic heterocycles. The van der Waals surface area contributed by atoms with Crippen LogP contribution >= 0.6 is 11.3 Å². The van der Waals surface area contributed by atoms with Crippen LogP contribution in [0.4, 0.5) is 0 Å². The van der Waals surface area contributed by atoms with Crippen LogP contribution in [-0.2, 0) is 9.53 Å². The summed E-state index contributed by atoms with van der Waals surface area (Å²) >= 11 is 1.23. The van der Waals surface area contributed by atoms with Gasteiger partial charge in [0.1, 0.15) is 5.76 Å². The summed E-state index contributed by atoms with van der Waals surface area (Å²) in [6.07, 6.45) is 3.20. The number of nitrogens with zero attached hydrogens (tertiary/aromatic N) is 2. The fourth-order valence-electron chi connectivity index (χ4n) is 3.74. The predicted octanol–water partition coefficient (Wildman–Crippen LogP) is 3.31. The monoisotopic (exact) mass is 480 g/mol. The molecule has 0 saturated heterocycles. The summed E-state index contributed by atoms with van der Waals surface area (Å²) in [7, 11) is 1.52. The number of esters is 1. The standard InChI is InChI=1S/C25H24N2O6S/c1-6-31-24(29)21-15(4)26-25-27(23(28)20(34-25)13-17-8-7-11-32-17)22(21)16-9-10-18(33-14(2)3)19(12-16)30-5/h7-13,22H,2,6H2,1,3-5H3/b20-13+. The zero-order chi connectivity index (χ0) is 24.4. The molecule has 9 heteroatoms. The van der Waals surface area contributed by atoms with E-state index in [9.17, 15) is 9.59 Å². The summed E-state index contributed by atoms with van der Waals surface area (Å²) in [4.78, 5) is 31.6. The van der Waals surface area contributed by atoms with Crippen molar-refractivity contribution < 1.29 is 23.4 Å². The van der Waals surface area contributed by atoms with Gasteiger partial charge in [0.05, 0.1) is 47.6 Å². The Balaban J connectivity index is 1.95. The molecule has 4 rings (SSSR count). The van der Waals surface area contributed by atoms with E-state index in [-0.39, 0.29) is 17.7 Å². The molecule has 3 aromatic rings. The van der Waals surface area contributed by atoms with E-state index in [1.807, 2.05) is 0 Å². The van der Waals surface area contributed by atoms with Crippen LogP contribution in [0.2, 0.25) is 0 Å². The van der Waals surface area contributed by atoms with Crippen LogP contribution < -0.4 is 24.4 Å². The molecule has 0 spiro atoms. The lowest BCUT2D eigenvalue weighted by Crippen LogP contribution is -2.39. The van der Waals surface area contributed by atoms with E-state index in [1.54, 1.807) is 57.2 Å². The summed E-state index contributed by atoms with van der Waals surface area (Å²) in [5.41, 5.74) is 1.12. The van der Waals surface area contributed by atoms with Gasteiger partial charge < -0.3 is 18.6 Å². The maximum atomic E-state index is 13.5. The molecule has 8 nitrogen and oxygen atoms in total. The molecule has 3 heterocycles. The van der Waals surface area contributed by atoms with Crippen molar-refractivity contribution in [3.05, 3.63) is 91.2 Å². The molecule has 1 unspecified atom stereocenters. The minimum atomic E-state index is -0.762. The second kappa shape index (κ2) is 9.56. The minimum Gasteiger partial charge on any atom is -0.493 e. The zero-order valence-corrected chi connectivity index (χ0v) is 20.1. The highest BCUT2D eigenvalue weighted by atomic mass is 32.1. The first-order valence-electron chi connectivity index (χ1n) is 10.6. The quantitative estimate of drug-likeness (QED) is 0.381. The molecule has 0 bridgehead atoms. The van der Waals surface area contributed by atoms with Gasteiger partial charge in [-0.15, -0.1) is 0 Å². The number of thiazole rings is 1. The molecular weight excluding hydrogens is 456 g/mol. The molecule has 0 aliphatic carbocycles. The van der Waals surface area contributed by atoms with Gasteiger partial charge in [0, 0.05) is 6.08 Å². The molecule has 34 heavy (non-hydrogen) atoms. The maximum absolute atomic E-state index is 13.5. The average molecular weight is 481 g/mol. The molecule has 0 radical (unpaired) electrons. The fraction of sp³-hybridized carbons (Fsp3) is 0.240. The summed E-state index contributed by atoms with van der Waals surface area (Å²) < 4.78 is 23.8. The first-order valence-corrected chi connectivity index (χ1v) is 11.4. The van der Waals surface area contributed by atoms with Gasteiger partial charge in [0.2, 0.25) is 0 Å². The lowest BCUT2D eigenvalue weighted by Gasteiger charge is -2.25.